The minimum Gasteiger partial charge on any atom is -0.376 e. The first-order valence-corrected chi connectivity index (χ1v) is 7.38. The van der Waals surface area contributed by atoms with Gasteiger partial charge in [-0.15, -0.1) is 12.4 Å². The fourth-order valence-corrected chi connectivity index (χ4v) is 2.14. The number of hydrogen-bond acceptors (Lipinski definition) is 4. The molecule has 21 heavy (non-hydrogen) atoms. The quantitative estimate of drug-likeness (QED) is 0.716. The monoisotopic (exact) mass is 321 g/mol. The standard InChI is InChI=1S/C14H27N3O3.ClH/c1-4-17(9-11-6-5-7-20-11)12(18)8-16-14(19)13(15)10(2)3;/h10-11,13H,4-9,15H2,1-3H3,(H,16,19);1H/t11?,13-;/m0./s1. The molecule has 2 atom stereocenters. The van der Waals surface area contributed by atoms with E-state index >= 15 is 0 Å². The SMILES string of the molecule is CCN(CC1CCCO1)C(=O)CNC(=O)[C@@H](N)C(C)C.Cl. The molecule has 0 bridgehead atoms. The molecule has 1 saturated heterocycles. The number of amides is 2. The van der Waals surface area contributed by atoms with Crippen molar-refractivity contribution in [3.63, 3.8) is 0 Å². The zero-order valence-corrected chi connectivity index (χ0v) is 13.9. The molecule has 0 aromatic rings. The van der Waals surface area contributed by atoms with Crippen molar-refractivity contribution in [2.45, 2.75) is 45.8 Å². The molecule has 2 amide bonds. The highest BCUT2D eigenvalue weighted by molar-refractivity contribution is 5.87. The molecule has 1 aliphatic heterocycles. The summed E-state index contributed by atoms with van der Waals surface area (Å²) >= 11 is 0. The minimum absolute atomic E-state index is 0. The van der Waals surface area contributed by atoms with Crippen LogP contribution in [0.2, 0.25) is 0 Å². The van der Waals surface area contributed by atoms with Gasteiger partial charge in [-0.25, -0.2) is 0 Å². The predicted molar refractivity (Wildman–Crippen MR) is 84.3 cm³/mol. The number of likely N-dealkylation sites (N-methyl/N-ethyl adjacent to an activating group) is 1. The average molecular weight is 322 g/mol. The van der Waals surface area contributed by atoms with E-state index in [2.05, 4.69) is 5.32 Å². The fourth-order valence-electron chi connectivity index (χ4n) is 2.14. The summed E-state index contributed by atoms with van der Waals surface area (Å²) in [6.45, 7) is 7.67. The molecule has 0 aromatic carbocycles. The highest BCUT2D eigenvalue weighted by atomic mass is 35.5. The lowest BCUT2D eigenvalue weighted by Gasteiger charge is -2.24. The van der Waals surface area contributed by atoms with Crippen LogP contribution in [0.4, 0.5) is 0 Å². The maximum Gasteiger partial charge on any atom is 0.242 e. The van der Waals surface area contributed by atoms with Gasteiger partial charge in [0.15, 0.2) is 0 Å². The van der Waals surface area contributed by atoms with Crippen LogP contribution in [0.5, 0.6) is 0 Å². The van der Waals surface area contributed by atoms with Crippen LogP contribution >= 0.6 is 12.4 Å². The lowest BCUT2D eigenvalue weighted by atomic mass is 10.1. The van der Waals surface area contributed by atoms with Gasteiger partial charge in [0, 0.05) is 19.7 Å². The molecule has 1 unspecified atom stereocenters. The van der Waals surface area contributed by atoms with Crippen LogP contribution in [0, 0.1) is 5.92 Å². The highest BCUT2D eigenvalue weighted by Gasteiger charge is 2.23. The molecule has 0 spiro atoms. The molecule has 0 saturated carbocycles. The number of hydrogen-bond donors (Lipinski definition) is 2. The van der Waals surface area contributed by atoms with Crippen LogP contribution in [0.1, 0.15) is 33.6 Å². The lowest BCUT2D eigenvalue weighted by molar-refractivity contribution is -0.134. The molecule has 1 fully saturated rings. The second-order valence-corrected chi connectivity index (χ2v) is 5.56. The van der Waals surface area contributed by atoms with Crippen molar-refractivity contribution >= 4 is 24.2 Å². The van der Waals surface area contributed by atoms with Gasteiger partial charge in [-0.3, -0.25) is 9.59 Å². The molecule has 7 heteroatoms. The van der Waals surface area contributed by atoms with Crippen molar-refractivity contribution in [3.8, 4) is 0 Å². The van der Waals surface area contributed by atoms with Crippen LogP contribution in [0.15, 0.2) is 0 Å². The number of nitrogens with two attached hydrogens (primary N) is 1. The van der Waals surface area contributed by atoms with E-state index in [1.165, 1.54) is 0 Å². The Morgan fingerprint density at radius 3 is 2.57 bits per heavy atom. The summed E-state index contributed by atoms with van der Waals surface area (Å²) in [6.07, 6.45) is 2.18. The van der Waals surface area contributed by atoms with Crippen molar-refractivity contribution in [2.75, 3.05) is 26.2 Å². The van der Waals surface area contributed by atoms with E-state index in [0.717, 1.165) is 19.4 Å². The van der Waals surface area contributed by atoms with Gasteiger partial charge in [-0.1, -0.05) is 13.8 Å². The molecule has 124 valence electrons. The first kappa shape index (κ1) is 20.1. The largest absolute Gasteiger partial charge is 0.376 e. The number of carbonyl (C=O) groups excluding carboxylic acids is 2. The Balaban J connectivity index is 0.00000400. The summed E-state index contributed by atoms with van der Waals surface area (Å²) in [5.41, 5.74) is 5.73. The smallest absolute Gasteiger partial charge is 0.242 e. The Morgan fingerprint density at radius 2 is 2.10 bits per heavy atom. The van der Waals surface area contributed by atoms with Gasteiger partial charge in [0.25, 0.3) is 0 Å². The van der Waals surface area contributed by atoms with E-state index in [-0.39, 0.29) is 42.8 Å². The minimum atomic E-state index is -0.573. The van der Waals surface area contributed by atoms with E-state index in [1.807, 2.05) is 20.8 Å². The molecular formula is C14H28ClN3O3. The Bertz CT molecular complexity index is 333. The molecule has 1 heterocycles. The van der Waals surface area contributed by atoms with E-state index in [0.29, 0.717) is 13.1 Å². The van der Waals surface area contributed by atoms with E-state index in [1.54, 1.807) is 4.90 Å². The van der Waals surface area contributed by atoms with Crippen molar-refractivity contribution in [1.29, 1.82) is 0 Å². The maximum absolute atomic E-state index is 12.1. The fraction of sp³-hybridized carbons (Fsp3) is 0.857. The van der Waals surface area contributed by atoms with Gasteiger partial charge in [0.2, 0.25) is 11.8 Å². The maximum atomic E-state index is 12.1. The second kappa shape index (κ2) is 9.97. The van der Waals surface area contributed by atoms with Gasteiger partial charge in [-0.2, -0.15) is 0 Å². The Labute approximate surface area is 133 Å². The second-order valence-electron chi connectivity index (χ2n) is 5.56. The molecule has 0 aliphatic carbocycles. The third-order valence-corrected chi connectivity index (χ3v) is 3.62. The van der Waals surface area contributed by atoms with Crippen LogP contribution in [-0.4, -0.2) is 55.1 Å². The van der Waals surface area contributed by atoms with Gasteiger partial charge in [0.05, 0.1) is 18.7 Å². The Hall–Kier alpha value is -0.850. The molecule has 0 aromatic heterocycles. The summed E-state index contributed by atoms with van der Waals surface area (Å²) < 4.78 is 5.53. The molecule has 3 N–H and O–H groups in total. The predicted octanol–water partition coefficient (Wildman–Crippen LogP) is 0.535. The van der Waals surface area contributed by atoms with Gasteiger partial charge < -0.3 is 20.7 Å². The molecule has 1 aliphatic rings. The van der Waals surface area contributed by atoms with Crippen molar-refractivity contribution < 1.29 is 14.3 Å². The summed E-state index contributed by atoms with van der Waals surface area (Å²) in [5, 5.41) is 2.61. The number of rotatable bonds is 7. The van der Waals surface area contributed by atoms with Gasteiger partial charge in [-0.05, 0) is 25.7 Å². The number of ether oxygens (including phenoxy) is 1. The van der Waals surface area contributed by atoms with Crippen molar-refractivity contribution in [2.24, 2.45) is 11.7 Å². The van der Waals surface area contributed by atoms with Gasteiger partial charge in [0.1, 0.15) is 0 Å². The van der Waals surface area contributed by atoms with E-state index in [4.69, 9.17) is 10.5 Å². The topological polar surface area (TPSA) is 84.7 Å². The van der Waals surface area contributed by atoms with Crippen molar-refractivity contribution in [3.05, 3.63) is 0 Å². The normalized spacial score (nSPS) is 19.0. The third kappa shape index (κ3) is 6.63. The Morgan fingerprint density at radius 1 is 1.43 bits per heavy atom. The van der Waals surface area contributed by atoms with Gasteiger partial charge >= 0.3 is 0 Å². The zero-order valence-electron chi connectivity index (χ0n) is 13.1. The molecule has 1 rings (SSSR count). The zero-order chi connectivity index (χ0) is 15.1. The lowest BCUT2D eigenvalue weighted by Crippen LogP contribution is -2.48. The first-order chi connectivity index (χ1) is 9.45. The van der Waals surface area contributed by atoms with Crippen LogP contribution in [0.3, 0.4) is 0 Å². The number of halogens is 1. The summed E-state index contributed by atoms with van der Waals surface area (Å²) in [7, 11) is 0. The average Bonchev–Trinajstić information content (AvgIpc) is 2.93. The number of nitrogens with one attached hydrogen (secondary N) is 1. The summed E-state index contributed by atoms with van der Waals surface area (Å²) in [5.74, 6) is -0.312. The summed E-state index contributed by atoms with van der Waals surface area (Å²) in [4.78, 5) is 25.5. The van der Waals surface area contributed by atoms with Crippen LogP contribution in [-0.2, 0) is 14.3 Å². The first-order valence-electron chi connectivity index (χ1n) is 7.38. The van der Waals surface area contributed by atoms with Crippen LogP contribution in [0.25, 0.3) is 0 Å². The molecule has 0 radical (unpaired) electrons. The summed E-state index contributed by atoms with van der Waals surface area (Å²) in [6, 6.07) is -0.573. The number of nitrogens with zero attached hydrogens (tertiary/aromatic N) is 1. The van der Waals surface area contributed by atoms with E-state index in [9.17, 15) is 9.59 Å². The molecular weight excluding hydrogens is 294 g/mol. The van der Waals surface area contributed by atoms with Crippen LogP contribution < -0.4 is 11.1 Å². The molecule has 6 nitrogen and oxygen atoms in total. The van der Waals surface area contributed by atoms with E-state index < -0.39 is 6.04 Å². The Kier molecular flexibility index (Phi) is 9.57. The number of carbonyl (C=O) groups is 2. The highest BCUT2D eigenvalue weighted by Crippen LogP contribution is 2.13. The third-order valence-electron chi connectivity index (χ3n) is 3.62. The van der Waals surface area contributed by atoms with Crippen molar-refractivity contribution in [1.82, 2.24) is 10.2 Å².